The van der Waals surface area contributed by atoms with E-state index in [9.17, 15) is 12.6 Å². The van der Waals surface area contributed by atoms with Crippen molar-refractivity contribution in [3.63, 3.8) is 0 Å². The minimum Gasteiger partial charge on any atom is -0.494 e. The molecule has 3 fully saturated rings. The van der Waals surface area contributed by atoms with Crippen molar-refractivity contribution in [2.45, 2.75) is 59.4 Å². The molecule has 1 aromatic heterocycles. The molecular formula is C33H45N5O4S2. The highest BCUT2D eigenvalue weighted by Crippen LogP contribution is 2.39. The van der Waals surface area contributed by atoms with E-state index in [1.807, 2.05) is 25.1 Å². The lowest BCUT2D eigenvalue weighted by Crippen LogP contribution is -2.54. The zero-order valence-corrected chi connectivity index (χ0v) is 27.8. The molecular weight excluding hydrogens is 595 g/mol. The number of hydrogen-bond donors (Lipinski definition) is 0. The second kappa shape index (κ2) is 13.4. The smallest absolute Gasteiger partial charge is 0.210 e. The largest absolute Gasteiger partial charge is 0.494 e. The molecule has 238 valence electrons. The Hall–Kier alpha value is -2.57. The van der Waals surface area contributed by atoms with E-state index in [0.717, 1.165) is 57.5 Å². The van der Waals surface area contributed by atoms with Crippen molar-refractivity contribution in [2.24, 2.45) is 0 Å². The summed E-state index contributed by atoms with van der Waals surface area (Å²) in [6, 6.07) is 13.3. The van der Waals surface area contributed by atoms with Crippen LogP contribution in [0, 0.1) is 0 Å². The summed E-state index contributed by atoms with van der Waals surface area (Å²) < 4.78 is 46.3. The van der Waals surface area contributed by atoms with Crippen molar-refractivity contribution in [1.82, 2.24) is 19.7 Å². The number of anilines is 1. The SMILES string of the molecule is CCOc1ccc(S(=O)(=O)c2cnc3ccc(S(C)=O)cc3c2N2CCC(N3CCC(N4CCN(C)CC4)CC3)CC2)cc1. The minimum atomic E-state index is -3.88. The Morgan fingerprint density at radius 2 is 1.48 bits per heavy atom. The number of pyridine rings is 1. The maximum Gasteiger partial charge on any atom is 0.210 e. The van der Waals surface area contributed by atoms with Crippen LogP contribution in [0.1, 0.15) is 32.6 Å². The number of nitrogens with zero attached hydrogens (tertiary/aromatic N) is 5. The van der Waals surface area contributed by atoms with Gasteiger partial charge in [-0.3, -0.25) is 14.1 Å². The molecule has 0 amide bonds. The molecule has 2 aromatic carbocycles. The molecule has 0 N–H and O–H groups in total. The van der Waals surface area contributed by atoms with Gasteiger partial charge in [0.2, 0.25) is 9.84 Å². The normalized spacial score (nSPS) is 21.1. The van der Waals surface area contributed by atoms with Gasteiger partial charge < -0.3 is 19.4 Å². The van der Waals surface area contributed by atoms with Gasteiger partial charge in [0.25, 0.3) is 0 Å². The van der Waals surface area contributed by atoms with Crippen LogP contribution in [0.25, 0.3) is 10.9 Å². The third-order valence-electron chi connectivity index (χ3n) is 9.69. The fourth-order valence-corrected chi connectivity index (χ4v) is 9.08. The molecule has 1 unspecified atom stereocenters. The third-order valence-corrected chi connectivity index (χ3v) is 12.4. The van der Waals surface area contributed by atoms with Gasteiger partial charge in [-0.2, -0.15) is 0 Å². The van der Waals surface area contributed by atoms with Crippen LogP contribution in [0.15, 0.2) is 63.3 Å². The van der Waals surface area contributed by atoms with Gasteiger partial charge in [-0.1, -0.05) is 0 Å². The number of fused-ring (bicyclic) bond motifs is 1. The monoisotopic (exact) mass is 639 g/mol. The molecule has 1 atom stereocenters. The first-order valence-electron chi connectivity index (χ1n) is 15.9. The van der Waals surface area contributed by atoms with Crippen LogP contribution in [0.5, 0.6) is 5.75 Å². The number of likely N-dealkylation sites (N-methyl/N-ethyl adjacent to an activating group) is 1. The topological polar surface area (TPSA) is 86.3 Å². The lowest BCUT2D eigenvalue weighted by atomic mass is 9.96. The quantitative estimate of drug-likeness (QED) is 0.365. The Balaban J connectivity index is 1.24. The predicted octanol–water partition coefficient (Wildman–Crippen LogP) is 3.88. The van der Waals surface area contributed by atoms with Crippen molar-refractivity contribution >= 4 is 37.2 Å². The molecule has 3 saturated heterocycles. The molecule has 0 bridgehead atoms. The molecule has 3 aromatic rings. The summed E-state index contributed by atoms with van der Waals surface area (Å²) in [5, 5.41) is 0.733. The van der Waals surface area contributed by atoms with Crippen molar-refractivity contribution in [1.29, 1.82) is 0 Å². The molecule has 0 aliphatic carbocycles. The van der Waals surface area contributed by atoms with Gasteiger partial charge >= 0.3 is 0 Å². The summed E-state index contributed by atoms with van der Waals surface area (Å²) in [5.41, 5.74) is 1.37. The molecule has 0 spiro atoms. The van der Waals surface area contributed by atoms with Gasteiger partial charge in [-0.25, -0.2) is 8.42 Å². The van der Waals surface area contributed by atoms with E-state index < -0.39 is 20.6 Å². The summed E-state index contributed by atoms with van der Waals surface area (Å²) in [6.45, 7) is 10.9. The van der Waals surface area contributed by atoms with E-state index in [1.165, 1.54) is 32.1 Å². The van der Waals surface area contributed by atoms with E-state index in [1.54, 1.807) is 30.5 Å². The summed E-state index contributed by atoms with van der Waals surface area (Å²) in [5.74, 6) is 0.632. The number of likely N-dealkylation sites (tertiary alicyclic amines) is 1. The second-order valence-electron chi connectivity index (χ2n) is 12.3. The van der Waals surface area contributed by atoms with Crippen LogP contribution in [0.3, 0.4) is 0 Å². The van der Waals surface area contributed by atoms with E-state index in [-0.39, 0.29) is 9.79 Å². The number of benzene rings is 2. The molecule has 0 saturated carbocycles. The number of ether oxygens (including phenoxy) is 1. The maximum atomic E-state index is 14.1. The average Bonchev–Trinajstić information content (AvgIpc) is 3.05. The molecule has 3 aliphatic rings. The Morgan fingerprint density at radius 3 is 2.09 bits per heavy atom. The third kappa shape index (κ3) is 6.53. The van der Waals surface area contributed by atoms with Gasteiger partial charge in [-0.15, -0.1) is 0 Å². The zero-order chi connectivity index (χ0) is 30.8. The van der Waals surface area contributed by atoms with Crippen LogP contribution in [-0.2, 0) is 20.6 Å². The summed E-state index contributed by atoms with van der Waals surface area (Å²) in [6.07, 6.45) is 7.55. The molecule has 44 heavy (non-hydrogen) atoms. The molecule has 3 aliphatic heterocycles. The van der Waals surface area contributed by atoms with Crippen molar-refractivity contribution in [3.05, 3.63) is 48.7 Å². The highest BCUT2D eigenvalue weighted by molar-refractivity contribution is 7.91. The van der Waals surface area contributed by atoms with Crippen molar-refractivity contribution < 1.29 is 17.4 Å². The Bertz CT molecular complexity index is 1580. The van der Waals surface area contributed by atoms with E-state index >= 15 is 0 Å². The van der Waals surface area contributed by atoms with E-state index in [4.69, 9.17) is 4.74 Å². The van der Waals surface area contributed by atoms with Gasteiger partial charge in [-0.05, 0) is 95.2 Å². The van der Waals surface area contributed by atoms with E-state index in [0.29, 0.717) is 40.5 Å². The molecule has 0 radical (unpaired) electrons. The Kier molecular flexibility index (Phi) is 9.58. The van der Waals surface area contributed by atoms with Crippen LogP contribution in [-0.4, -0.2) is 117 Å². The van der Waals surface area contributed by atoms with Crippen molar-refractivity contribution in [3.8, 4) is 5.75 Å². The summed E-state index contributed by atoms with van der Waals surface area (Å²) in [4.78, 5) is 15.6. The lowest BCUT2D eigenvalue weighted by molar-refractivity contribution is 0.0495. The van der Waals surface area contributed by atoms with Crippen LogP contribution in [0.4, 0.5) is 5.69 Å². The minimum absolute atomic E-state index is 0.194. The van der Waals surface area contributed by atoms with Gasteiger partial charge in [0, 0.05) is 84.9 Å². The number of hydrogen-bond acceptors (Lipinski definition) is 9. The van der Waals surface area contributed by atoms with Crippen molar-refractivity contribution in [2.75, 3.05) is 77.2 Å². The fraction of sp³-hybridized carbons (Fsp3) is 0.545. The van der Waals surface area contributed by atoms with Crippen LogP contribution in [0.2, 0.25) is 0 Å². The average molecular weight is 640 g/mol. The predicted molar refractivity (Wildman–Crippen MR) is 176 cm³/mol. The van der Waals surface area contributed by atoms with E-state index in [2.05, 4.69) is 31.6 Å². The zero-order valence-electron chi connectivity index (χ0n) is 26.2. The lowest BCUT2D eigenvalue weighted by Gasteiger charge is -2.46. The first-order chi connectivity index (χ1) is 21.2. The van der Waals surface area contributed by atoms with Crippen LogP contribution >= 0.6 is 0 Å². The summed E-state index contributed by atoms with van der Waals surface area (Å²) in [7, 11) is -2.88. The fourth-order valence-electron chi connectivity index (χ4n) is 7.11. The second-order valence-corrected chi connectivity index (χ2v) is 15.6. The van der Waals surface area contributed by atoms with Crippen LogP contribution < -0.4 is 9.64 Å². The first-order valence-corrected chi connectivity index (χ1v) is 18.9. The standard InChI is InChI=1S/C33H45N5O4S2/c1-4-42-27-5-8-29(9-6-27)44(40,41)32-24-34-31-10-7-28(43(3)39)23-30(31)33(32)38-17-13-25(14-18-38)36-15-11-26(12-16-36)37-21-19-35(2)20-22-37/h5-10,23-26H,4,11-22H2,1-3H3. The van der Waals surface area contributed by atoms with Gasteiger partial charge in [0.05, 0.1) is 22.7 Å². The number of piperazine rings is 1. The highest BCUT2D eigenvalue weighted by Gasteiger charge is 2.34. The number of rotatable bonds is 8. The molecule has 9 nitrogen and oxygen atoms in total. The maximum absolute atomic E-state index is 14.1. The number of sulfone groups is 1. The highest BCUT2D eigenvalue weighted by atomic mass is 32.2. The Morgan fingerprint density at radius 1 is 0.864 bits per heavy atom. The number of aromatic nitrogens is 1. The molecule has 6 rings (SSSR count). The summed E-state index contributed by atoms with van der Waals surface area (Å²) >= 11 is 0. The Labute approximate surface area is 264 Å². The first kappa shape index (κ1) is 31.4. The molecule has 11 heteroatoms. The van der Waals surface area contributed by atoms with Gasteiger partial charge in [0.1, 0.15) is 10.6 Å². The molecule has 4 heterocycles. The number of piperidine rings is 2. The van der Waals surface area contributed by atoms with Gasteiger partial charge in [0.15, 0.2) is 0 Å².